The van der Waals surface area contributed by atoms with Crippen molar-refractivity contribution < 1.29 is 4.79 Å². The van der Waals surface area contributed by atoms with Crippen molar-refractivity contribution in [3.05, 3.63) is 11.4 Å². The summed E-state index contributed by atoms with van der Waals surface area (Å²) in [5.74, 6) is 7.53. The molecule has 1 heterocycles. The van der Waals surface area contributed by atoms with Crippen molar-refractivity contribution >= 4 is 17.5 Å². The van der Waals surface area contributed by atoms with Crippen LogP contribution in [0.5, 0.6) is 0 Å². The molecule has 1 aromatic rings. The van der Waals surface area contributed by atoms with Crippen LogP contribution in [-0.4, -0.2) is 36.0 Å². The van der Waals surface area contributed by atoms with Gasteiger partial charge >= 0.3 is 0 Å². The number of hydrogen-bond acceptors (Lipinski definition) is 6. The number of aromatic nitrogens is 2. The molecule has 0 bridgehead atoms. The molecular formula is C13H24N6O. The molecule has 0 unspecified atom stereocenters. The van der Waals surface area contributed by atoms with Crippen LogP contribution in [0, 0.1) is 6.92 Å². The van der Waals surface area contributed by atoms with E-state index in [4.69, 9.17) is 5.84 Å². The zero-order valence-electron chi connectivity index (χ0n) is 12.7. The number of nitrogens with zero attached hydrogens (tertiary/aromatic N) is 3. The van der Waals surface area contributed by atoms with Gasteiger partial charge < -0.3 is 15.6 Å². The molecule has 112 valence electrons. The zero-order valence-corrected chi connectivity index (χ0v) is 12.7. The molecular weight excluding hydrogens is 256 g/mol. The Labute approximate surface area is 119 Å². The zero-order chi connectivity index (χ0) is 15.1. The molecule has 0 atom stereocenters. The molecule has 0 saturated heterocycles. The Hall–Kier alpha value is -1.89. The highest BCUT2D eigenvalue weighted by atomic mass is 16.1. The van der Waals surface area contributed by atoms with E-state index in [0.717, 1.165) is 24.3 Å². The topological polar surface area (TPSA) is 96.2 Å². The Morgan fingerprint density at radius 1 is 1.35 bits per heavy atom. The lowest BCUT2D eigenvalue weighted by molar-refractivity contribution is -0.119. The first-order valence-electron chi connectivity index (χ1n) is 6.86. The molecule has 0 aliphatic rings. The molecule has 0 aliphatic heterocycles. The van der Waals surface area contributed by atoms with E-state index >= 15 is 0 Å². The highest BCUT2D eigenvalue weighted by Gasteiger charge is 2.17. The van der Waals surface area contributed by atoms with Gasteiger partial charge in [-0.15, -0.1) is 0 Å². The van der Waals surface area contributed by atoms with E-state index in [1.807, 2.05) is 18.7 Å². The van der Waals surface area contributed by atoms with Gasteiger partial charge in [0.1, 0.15) is 17.5 Å². The van der Waals surface area contributed by atoms with Gasteiger partial charge in [0.2, 0.25) is 5.91 Å². The SMILES string of the molecule is CCCN(CC(=O)NC)c1nc(CC)nc(NN)c1C. The second-order valence-corrected chi connectivity index (χ2v) is 4.53. The number of likely N-dealkylation sites (N-methyl/N-ethyl adjacent to an activating group) is 1. The molecule has 0 aliphatic carbocycles. The maximum Gasteiger partial charge on any atom is 0.239 e. The van der Waals surface area contributed by atoms with Gasteiger partial charge in [0.05, 0.1) is 6.54 Å². The fourth-order valence-corrected chi connectivity index (χ4v) is 1.94. The lowest BCUT2D eigenvalue weighted by Gasteiger charge is -2.25. The Bertz CT molecular complexity index is 462. The van der Waals surface area contributed by atoms with Crippen LogP contribution >= 0.6 is 0 Å². The highest BCUT2D eigenvalue weighted by molar-refractivity contribution is 5.81. The molecule has 1 aromatic heterocycles. The maximum atomic E-state index is 11.7. The lowest BCUT2D eigenvalue weighted by Crippen LogP contribution is -2.37. The van der Waals surface area contributed by atoms with E-state index in [9.17, 15) is 4.79 Å². The highest BCUT2D eigenvalue weighted by Crippen LogP contribution is 2.23. The summed E-state index contributed by atoms with van der Waals surface area (Å²) in [4.78, 5) is 22.5. The number of amides is 1. The predicted molar refractivity (Wildman–Crippen MR) is 80.5 cm³/mol. The van der Waals surface area contributed by atoms with Crippen molar-refractivity contribution in [1.29, 1.82) is 0 Å². The summed E-state index contributed by atoms with van der Waals surface area (Å²) in [5.41, 5.74) is 3.45. The van der Waals surface area contributed by atoms with Crippen LogP contribution in [0.15, 0.2) is 0 Å². The van der Waals surface area contributed by atoms with E-state index in [0.29, 0.717) is 18.1 Å². The van der Waals surface area contributed by atoms with Crippen LogP contribution in [0.3, 0.4) is 0 Å². The number of nitrogens with one attached hydrogen (secondary N) is 2. The van der Waals surface area contributed by atoms with E-state index < -0.39 is 0 Å². The number of anilines is 2. The Balaban J connectivity index is 3.19. The summed E-state index contributed by atoms with van der Waals surface area (Å²) in [6.45, 7) is 6.97. The predicted octanol–water partition coefficient (Wildman–Crippen LogP) is 0.595. The Morgan fingerprint density at radius 2 is 2.05 bits per heavy atom. The standard InChI is InChI=1S/C13H24N6O/c1-5-7-19(8-11(20)15-4)13-9(3)12(18-14)16-10(6-2)17-13/h5-8,14H2,1-4H3,(H,15,20)(H,16,17,18). The number of carbonyl (C=O) groups is 1. The summed E-state index contributed by atoms with van der Waals surface area (Å²) < 4.78 is 0. The first-order valence-corrected chi connectivity index (χ1v) is 6.86. The van der Waals surface area contributed by atoms with Crippen molar-refractivity contribution in [3.8, 4) is 0 Å². The third kappa shape index (κ3) is 3.80. The molecule has 0 aromatic carbocycles. The molecule has 1 amide bonds. The van der Waals surface area contributed by atoms with Crippen LogP contribution in [0.1, 0.15) is 31.7 Å². The van der Waals surface area contributed by atoms with Crippen LogP contribution in [0.4, 0.5) is 11.6 Å². The summed E-state index contributed by atoms with van der Waals surface area (Å²) in [5, 5.41) is 2.64. The number of nitrogen functional groups attached to an aromatic ring is 1. The van der Waals surface area contributed by atoms with E-state index in [2.05, 4.69) is 27.6 Å². The van der Waals surface area contributed by atoms with Crippen LogP contribution < -0.4 is 21.5 Å². The summed E-state index contributed by atoms with van der Waals surface area (Å²) in [7, 11) is 1.63. The molecule has 20 heavy (non-hydrogen) atoms. The molecule has 7 nitrogen and oxygen atoms in total. The number of rotatable bonds is 7. The van der Waals surface area contributed by atoms with Crippen molar-refractivity contribution in [1.82, 2.24) is 15.3 Å². The van der Waals surface area contributed by atoms with Gasteiger partial charge in [0, 0.05) is 25.6 Å². The van der Waals surface area contributed by atoms with Crippen LogP contribution in [0.25, 0.3) is 0 Å². The van der Waals surface area contributed by atoms with Gasteiger partial charge in [0.25, 0.3) is 0 Å². The fourth-order valence-electron chi connectivity index (χ4n) is 1.94. The van der Waals surface area contributed by atoms with Gasteiger partial charge in [-0.1, -0.05) is 13.8 Å². The molecule has 7 heteroatoms. The number of hydrazine groups is 1. The van der Waals surface area contributed by atoms with E-state index in [-0.39, 0.29) is 12.5 Å². The molecule has 0 radical (unpaired) electrons. The first-order chi connectivity index (χ1) is 9.57. The van der Waals surface area contributed by atoms with Crippen LogP contribution in [0.2, 0.25) is 0 Å². The molecule has 0 fully saturated rings. The average Bonchev–Trinajstić information content (AvgIpc) is 2.46. The monoisotopic (exact) mass is 280 g/mol. The van der Waals surface area contributed by atoms with Crippen molar-refractivity contribution in [2.45, 2.75) is 33.6 Å². The number of nitrogens with two attached hydrogens (primary N) is 1. The first kappa shape index (κ1) is 16.2. The second-order valence-electron chi connectivity index (χ2n) is 4.53. The van der Waals surface area contributed by atoms with Gasteiger partial charge in [-0.05, 0) is 13.3 Å². The van der Waals surface area contributed by atoms with E-state index in [1.54, 1.807) is 7.05 Å². The van der Waals surface area contributed by atoms with Gasteiger partial charge in [0.15, 0.2) is 0 Å². The molecule has 0 spiro atoms. The average molecular weight is 280 g/mol. The van der Waals surface area contributed by atoms with Crippen molar-refractivity contribution in [2.75, 3.05) is 30.5 Å². The second kappa shape index (κ2) is 7.64. The number of carbonyl (C=O) groups excluding carboxylic acids is 1. The Kier molecular flexibility index (Phi) is 6.17. The van der Waals surface area contributed by atoms with Crippen LogP contribution in [-0.2, 0) is 11.2 Å². The minimum atomic E-state index is -0.0447. The van der Waals surface area contributed by atoms with Gasteiger partial charge in [-0.3, -0.25) is 4.79 Å². The minimum Gasteiger partial charge on any atom is -0.358 e. The molecule has 1 rings (SSSR count). The minimum absolute atomic E-state index is 0.0447. The quantitative estimate of drug-likeness (QED) is 0.500. The van der Waals surface area contributed by atoms with Crippen molar-refractivity contribution in [2.24, 2.45) is 5.84 Å². The fraction of sp³-hybridized carbons (Fsp3) is 0.615. The summed E-state index contributed by atoms with van der Waals surface area (Å²) >= 11 is 0. The molecule has 0 saturated carbocycles. The Morgan fingerprint density at radius 3 is 2.55 bits per heavy atom. The maximum absolute atomic E-state index is 11.7. The largest absolute Gasteiger partial charge is 0.358 e. The lowest BCUT2D eigenvalue weighted by atomic mass is 10.2. The van der Waals surface area contributed by atoms with E-state index in [1.165, 1.54) is 0 Å². The van der Waals surface area contributed by atoms with Crippen molar-refractivity contribution in [3.63, 3.8) is 0 Å². The number of aryl methyl sites for hydroxylation is 1. The normalized spacial score (nSPS) is 10.2. The molecule has 4 N–H and O–H groups in total. The number of hydrogen-bond donors (Lipinski definition) is 3. The smallest absolute Gasteiger partial charge is 0.239 e. The van der Waals surface area contributed by atoms with Gasteiger partial charge in [-0.2, -0.15) is 0 Å². The summed E-state index contributed by atoms with van der Waals surface area (Å²) in [6, 6.07) is 0. The third-order valence-corrected chi connectivity index (χ3v) is 3.03. The third-order valence-electron chi connectivity index (χ3n) is 3.03. The van der Waals surface area contributed by atoms with Gasteiger partial charge in [-0.25, -0.2) is 15.8 Å². The summed E-state index contributed by atoms with van der Waals surface area (Å²) in [6.07, 6.45) is 1.63.